The molecule has 0 bridgehead atoms. The number of hydrogen-bond acceptors (Lipinski definition) is 2. The maximum Gasteiger partial charge on any atom is 0.270 e. The van der Waals surface area contributed by atoms with E-state index in [-0.39, 0.29) is 5.91 Å². The maximum absolute atomic E-state index is 12.9. The number of H-pyrrole nitrogens is 1. The Hall–Kier alpha value is -3.92. The third-order valence-corrected chi connectivity index (χ3v) is 5.07. The molecule has 2 aromatic heterocycles. The number of benzene rings is 3. The number of carbonyl (C=O) groups excluding carboxylic acids is 1. The maximum atomic E-state index is 12.9. The summed E-state index contributed by atoms with van der Waals surface area (Å²) in [6.45, 7) is 0.466. The monoisotopic (exact) mass is 377 g/mol. The summed E-state index contributed by atoms with van der Waals surface area (Å²) in [5.74, 6) is -0.182. The summed E-state index contributed by atoms with van der Waals surface area (Å²) in [6.07, 6.45) is 0. The van der Waals surface area contributed by atoms with Gasteiger partial charge in [0.05, 0.1) is 11.2 Å². The predicted octanol–water partition coefficient (Wildman–Crippen LogP) is 5.31. The minimum absolute atomic E-state index is 0.182. The van der Waals surface area contributed by atoms with Gasteiger partial charge in [-0.05, 0) is 17.7 Å². The molecule has 29 heavy (non-hydrogen) atoms. The van der Waals surface area contributed by atoms with Crippen molar-refractivity contribution in [2.24, 2.45) is 0 Å². The number of nitrogens with one attached hydrogen (secondary N) is 2. The number of para-hydroxylation sites is 1. The van der Waals surface area contributed by atoms with Crippen molar-refractivity contribution in [1.82, 2.24) is 15.3 Å². The average Bonchev–Trinajstić information content (AvgIpc) is 3.17. The molecule has 0 aliphatic carbocycles. The minimum Gasteiger partial charge on any atom is -0.353 e. The quantitative estimate of drug-likeness (QED) is 0.446. The second-order valence-electron chi connectivity index (χ2n) is 6.98. The van der Waals surface area contributed by atoms with Gasteiger partial charge >= 0.3 is 0 Å². The topological polar surface area (TPSA) is 57.8 Å². The molecule has 1 amide bonds. The number of pyridine rings is 1. The normalized spacial score (nSPS) is 11.0. The van der Waals surface area contributed by atoms with E-state index in [1.807, 2.05) is 84.9 Å². The van der Waals surface area contributed by atoms with Gasteiger partial charge in [0, 0.05) is 28.4 Å². The van der Waals surface area contributed by atoms with E-state index in [0.29, 0.717) is 12.2 Å². The second-order valence-corrected chi connectivity index (χ2v) is 6.98. The summed E-state index contributed by atoms with van der Waals surface area (Å²) in [5.41, 5.74) is 5.20. The van der Waals surface area contributed by atoms with Gasteiger partial charge in [-0.2, -0.15) is 0 Å². The summed E-state index contributed by atoms with van der Waals surface area (Å²) in [4.78, 5) is 21.1. The molecule has 2 heterocycles. The van der Waals surface area contributed by atoms with Crippen molar-refractivity contribution >= 4 is 27.7 Å². The first-order valence-electron chi connectivity index (χ1n) is 9.58. The highest BCUT2D eigenvalue weighted by Gasteiger charge is 2.16. The number of rotatable bonds is 4. The molecule has 0 atom stereocenters. The van der Waals surface area contributed by atoms with Crippen LogP contribution in [-0.4, -0.2) is 15.9 Å². The molecule has 4 nitrogen and oxygen atoms in total. The predicted molar refractivity (Wildman–Crippen MR) is 117 cm³/mol. The minimum atomic E-state index is -0.182. The highest BCUT2D eigenvalue weighted by Crippen LogP contribution is 2.32. The number of aromatic nitrogens is 2. The summed E-state index contributed by atoms with van der Waals surface area (Å²) < 4.78 is 0. The molecule has 3 aromatic carbocycles. The smallest absolute Gasteiger partial charge is 0.270 e. The van der Waals surface area contributed by atoms with Crippen molar-refractivity contribution in [2.45, 2.75) is 6.54 Å². The fraction of sp³-hybridized carbons (Fsp3) is 0.0400. The van der Waals surface area contributed by atoms with Crippen LogP contribution in [0.4, 0.5) is 0 Å². The Morgan fingerprint density at radius 2 is 1.52 bits per heavy atom. The molecular formula is C25H19N3O. The van der Waals surface area contributed by atoms with Crippen molar-refractivity contribution in [3.8, 4) is 11.3 Å². The van der Waals surface area contributed by atoms with Crippen LogP contribution in [0.2, 0.25) is 0 Å². The van der Waals surface area contributed by atoms with Gasteiger partial charge in [-0.1, -0.05) is 78.9 Å². The zero-order valence-electron chi connectivity index (χ0n) is 15.7. The summed E-state index contributed by atoms with van der Waals surface area (Å²) in [5, 5.41) is 5.07. The Morgan fingerprint density at radius 1 is 0.828 bits per heavy atom. The molecule has 0 fully saturated rings. The lowest BCUT2D eigenvalue weighted by molar-refractivity contribution is 0.0946. The number of carbonyl (C=O) groups is 1. The number of nitrogens with zero attached hydrogens (tertiary/aromatic N) is 1. The first kappa shape index (κ1) is 17.2. The van der Waals surface area contributed by atoms with E-state index in [0.717, 1.165) is 38.6 Å². The number of fused-ring (bicyclic) bond motifs is 3. The van der Waals surface area contributed by atoms with Gasteiger partial charge in [0.1, 0.15) is 5.69 Å². The van der Waals surface area contributed by atoms with Crippen LogP contribution in [0.25, 0.3) is 33.1 Å². The molecule has 4 heteroatoms. The van der Waals surface area contributed by atoms with Crippen LogP contribution in [0, 0.1) is 0 Å². The average molecular weight is 377 g/mol. The van der Waals surface area contributed by atoms with Gasteiger partial charge < -0.3 is 10.3 Å². The van der Waals surface area contributed by atoms with Gasteiger partial charge in [0.2, 0.25) is 0 Å². The van der Waals surface area contributed by atoms with Crippen molar-refractivity contribution in [1.29, 1.82) is 0 Å². The lowest BCUT2D eigenvalue weighted by Crippen LogP contribution is -2.24. The molecule has 5 aromatic rings. The first-order chi connectivity index (χ1) is 14.3. The Labute approximate surface area is 168 Å². The van der Waals surface area contributed by atoms with E-state index in [9.17, 15) is 4.79 Å². The largest absolute Gasteiger partial charge is 0.353 e. The lowest BCUT2D eigenvalue weighted by atomic mass is 10.1. The van der Waals surface area contributed by atoms with Crippen molar-refractivity contribution in [2.75, 3.05) is 0 Å². The standard InChI is InChI=1S/C25H19N3O/c29-25(26-16-17-9-3-1-4-10-17)22-15-20-19-13-7-8-14-21(19)27-24(20)23(28-22)18-11-5-2-6-12-18/h1-15,27H,16H2,(H,26,29). The highest BCUT2D eigenvalue weighted by molar-refractivity contribution is 6.13. The number of aromatic amines is 1. The summed E-state index contributed by atoms with van der Waals surface area (Å²) in [7, 11) is 0. The third-order valence-electron chi connectivity index (χ3n) is 5.07. The molecule has 0 unspecified atom stereocenters. The Morgan fingerprint density at radius 3 is 2.31 bits per heavy atom. The Balaban J connectivity index is 1.62. The van der Waals surface area contributed by atoms with Gasteiger partial charge in [0.25, 0.3) is 5.91 Å². The Bertz CT molecular complexity index is 1310. The highest BCUT2D eigenvalue weighted by atomic mass is 16.1. The number of hydrogen-bond donors (Lipinski definition) is 2. The molecule has 0 radical (unpaired) electrons. The van der Waals surface area contributed by atoms with Gasteiger partial charge in [-0.15, -0.1) is 0 Å². The molecule has 2 N–H and O–H groups in total. The molecule has 0 spiro atoms. The van der Waals surface area contributed by atoms with E-state index < -0.39 is 0 Å². The molecule has 5 rings (SSSR count). The molecule has 0 saturated heterocycles. The fourth-order valence-electron chi connectivity index (χ4n) is 3.64. The Kier molecular flexibility index (Phi) is 4.30. The van der Waals surface area contributed by atoms with E-state index in [2.05, 4.69) is 16.4 Å². The van der Waals surface area contributed by atoms with Crippen LogP contribution in [0.15, 0.2) is 91.0 Å². The second kappa shape index (κ2) is 7.24. The summed E-state index contributed by atoms with van der Waals surface area (Å²) in [6, 6.07) is 29.8. The van der Waals surface area contributed by atoms with Crippen molar-refractivity contribution in [3.63, 3.8) is 0 Å². The van der Waals surface area contributed by atoms with Crippen molar-refractivity contribution in [3.05, 3.63) is 102 Å². The molecule has 0 saturated carbocycles. The third kappa shape index (κ3) is 3.25. The van der Waals surface area contributed by atoms with Gasteiger partial charge in [-0.3, -0.25) is 4.79 Å². The molecule has 0 aliphatic rings. The number of amides is 1. The van der Waals surface area contributed by atoms with E-state index >= 15 is 0 Å². The van der Waals surface area contributed by atoms with Crippen LogP contribution < -0.4 is 5.32 Å². The van der Waals surface area contributed by atoms with E-state index in [1.165, 1.54) is 0 Å². The van der Waals surface area contributed by atoms with E-state index in [4.69, 9.17) is 4.98 Å². The van der Waals surface area contributed by atoms with E-state index in [1.54, 1.807) is 0 Å². The van der Waals surface area contributed by atoms with Gasteiger partial charge in [0.15, 0.2) is 0 Å². The van der Waals surface area contributed by atoms with Crippen LogP contribution in [0.1, 0.15) is 16.1 Å². The lowest BCUT2D eigenvalue weighted by Gasteiger charge is -2.09. The van der Waals surface area contributed by atoms with Crippen LogP contribution in [0.5, 0.6) is 0 Å². The zero-order valence-corrected chi connectivity index (χ0v) is 15.7. The first-order valence-corrected chi connectivity index (χ1v) is 9.58. The van der Waals surface area contributed by atoms with Crippen molar-refractivity contribution < 1.29 is 4.79 Å². The SMILES string of the molecule is O=C(NCc1ccccc1)c1cc2c([nH]c3ccccc32)c(-c2ccccc2)n1. The molecule has 0 aliphatic heterocycles. The molecular weight excluding hydrogens is 358 g/mol. The molecule has 140 valence electrons. The summed E-state index contributed by atoms with van der Waals surface area (Å²) >= 11 is 0. The fourth-order valence-corrected chi connectivity index (χ4v) is 3.64. The van der Waals surface area contributed by atoms with Crippen LogP contribution in [0.3, 0.4) is 0 Å². The van der Waals surface area contributed by atoms with Crippen LogP contribution >= 0.6 is 0 Å². The zero-order chi connectivity index (χ0) is 19.6. The van der Waals surface area contributed by atoms with Crippen LogP contribution in [-0.2, 0) is 6.54 Å². The van der Waals surface area contributed by atoms with Gasteiger partial charge in [-0.25, -0.2) is 4.98 Å².